The smallest absolute Gasteiger partial charge is 0.356 e. The molecule has 5 nitrogen and oxygen atoms in total. The van der Waals surface area contributed by atoms with Gasteiger partial charge in [0.1, 0.15) is 10.3 Å². The number of carboxylic acids is 1. The molecule has 0 unspecified atom stereocenters. The average molecular weight is 300 g/mol. The summed E-state index contributed by atoms with van der Waals surface area (Å²) in [6.45, 7) is 0. The lowest BCUT2D eigenvalue weighted by molar-refractivity contribution is 0.0690. The summed E-state index contributed by atoms with van der Waals surface area (Å²) in [5, 5.41) is 13.6. The topological polar surface area (TPSA) is 67.5 Å². The van der Waals surface area contributed by atoms with Crippen molar-refractivity contribution in [3.8, 4) is 0 Å². The lowest BCUT2D eigenvalue weighted by Crippen LogP contribution is -2.04. The Bertz CT molecular complexity index is 663. The number of aromatic nitrogens is 3. The summed E-state index contributed by atoms with van der Waals surface area (Å²) < 4.78 is 1.35. The fourth-order valence-electron chi connectivity index (χ4n) is 2.61. The second kappa shape index (κ2) is 4.65. The van der Waals surface area contributed by atoms with Crippen molar-refractivity contribution in [2.45, 2.75) is 31.6 Å². The lowest BCUT2D eigenvalue weighted by Gasteiger charge is -2.13. The van der Waals surface area contributed by atoms with Gasteiger partial charge in [-0.15, -0.1) is 0 Å². The van der Waals surface area contributed by atoms with Gasteiger partial charge in [-0.3, -0.25) is 0 Å². The van der Waals surface area contributed by atoms with E-state index in [9.17, 15) is 4.79 Å². The summed E-state index contributed by atoms with van der Waals surface area (Å²) in [6, 6.07) is 1.36. The van der Waals surface area contributed by atoms with Crippen molar-refractivity contribution in [1.29, 1.82) is 0 Å². The van der Waals surface area contributed by atoms with E-state index in [1.165, 1.54) is 10.6 Å². The molecule has 1 aliphatic carbocycles. The van der Waals surface area contributed by atoms with Gasteiger partial charge in [0.2, 0.25) is 0 Å². The number of carbonyl (C=O) groups is 1. The monoisotopic (exact) mass is 299 g/mol. The molecule has 0 aromatic carbocycles. The SMILES string of the molecule is O=C(O)c1cc2nc(Cl)c(C3CCCC3)c(Cl)n2n1. The van der Waals surface area contributed by atoms with Gasteiger partial charge in [0, 0.05) is 11.6 Å². The highest BCUT2D eigenvalue weighted by molar-refractivity contribution is 6.35. The summed E-state index contributed by atoms with van der Waals surface area (Å²) >= 11 is 12.5. The molecule has 1 saturated carbocycles. The molecule has 0 spiro atoms. The highest BCUT2D eigenvalue weighted by atomic mass is 35.5. The highest BCUT2D eigenvalue weighted by Crippen LogP contribution is 2.40. The molecule has 1 aliphatic rings. The molecule has 0 bridgehead atoms. The molecule has 7 heteroatoms. The average Bonchev–Trinajstić information content (AvgIpc) is 2.97. The van der Waals surface area contributed by atoms with Crippen molar-refractivity contribution in [2.24, 2.45) is 0 Å². The summed E-state index contributed by atoms with van der Waals surface area (Å²) in [5.74, 6) is -0.825. The first-order chi connectivity index (χ1) is 9.08. The van der Waals surface area contributed by atoms with E-state index in [2.05, 4.69) is 10.1 Å². The van der Waals surface area contributed by atoms with Crippen LogP contribution >= 0.6 is 23.2 Å². The number of nitrogens with zero attached hydrogens (tertiary/aromatic N) is 3. The Morgan fingerprint density at radius 3 is 2.68 bits per heavy atom. The van der Waals surface area contributed by atoms with Crippen molar-refractivity contribution < 1.29 is 9.90 Å². The molecule has 2 heterocycles. The zero-order valence-electron chi connectivity index (χ0n) is 9.94. The third kappa shape index (κ3) is 2.07. The third-order valence-electron chi connectivity index (χ3n) is 3.52. The van der Waals surface area contributed by atoms with Crippen LogP contribution in [0.4, 0.5) is 0 Å². The second-order valence-corrected chi connectivity index (χ2v) is 5.41. The molecule has 0 aliphatic heterocycles. The van der Waals surface area contributed by atoms with E-state index >= 15 is 0 Å². The van der Waals surface area contributed by atoms with Crippen LogP contribution in [0.25, 0.3) is 5.65 Å². The van der Waals surface area contributed by atoms with E-state index in [-0.39, 0.29) is 11.6 Å². The molecule has 0 amide bonds. The van der Waals surface area contributed by atoms with Gasteiger partial charge in [-0.1, -0.05) is 36.0 Å². The normalized spacial score (nSPS) is 16.3. The van der Waals surface area contributed by atoms with Crippen LogP contribution in [0.15, 0.2) is 6.07 Å². The Labute approximate surface area is 119 Å². The molecule has 19 heavy (non-hydrogen) atoms. The first-order valence-corrected chi connectivity index (χ1v) is 6.81. The maximum atomic E-state index is 10.9. The lowest BCUT2D eigenvalue weighted by atomic mass is 10.0. The van der Waals surface area contributed by atoms with Crippen LogP contribution in [0.1, 0.15) is 47.7 Å². The molecule has 0 atom stereocenters. The fraction of sp³-hybridized carbons (Fsp3) is 0.417. The van der Waals surface area contributed by atoms with E-state index < -0.39 is 5.97 Å². The Hall–Kier alpha value is -1.33. The molecule has 3 rings (SSSR count). The van der Waals surface area contributed by atoms with Crippen molar-refractivity contribution in [2.75, 3.05) is 0 Å². The van der Waals surface area contributed by atoms with Crippen LogP contribution in [-0.4, -0.2) is 25.7 Å². The minimum Gasteiger partial charge on any atom is -0.476 e. The van der Waals surface area contributed by atoms with Gasteiger partial charge in [0.15, 0.2) is 11.3 Å². The first-order valence-electron chi connectivity index (χ1n) is 6.06. The van der Waals surface area contributed by atoms with Crippen molar-refractivity contribution >= 4 is 34.8 Å². The van der Waals surface area contributed by atoms with E-state index in [4.69, 9.17) is 28.3 Å². The zero-order chi connectivity index (χ0) is 13.6. The summed E-state index contributed by atoms with van der Waals surface area (Å²) in [6.07, 6.45) is 4.35. The number of hydrogen-bond donors (Lipinski definition) is 1. The van der Waals surface area contributed by atoms with Crippen LogP contribution in [0.3, 0.4) is 0 Å². The van der Waals surface area contributed by atoms with Crippen LogP contribution in [-0.2, 0) is 0 Å². The van der Waals surface area contributed by atoms with E-state index in [0.717, 1.165) is 31.2 Å². The minimum atomic E-state index is -1.11. The molecule has 0 saturated heterocycles. The zero-order valence-corrected chi connectivity index (χ0v) is 11.4. The van der Waals surface area contributed by atoms with Gasteiger partial charge >= 0.3 is 5.97 Å². The van der Waals surface area contributed by atoms with Gasteiger partial charge in [0.25, 0.3) is 0 Å². The van der Waals surface area contributed by atoms with Crippen LogP contribution < -0.4 is 0 Å². The summed E-state index contributed by atoms with van der Waals surface area (Å²) in [4.78, 5) is 15.1. The number of carboxylic acid groups (broad SMARTS) is 1. The van der Waals surface area contributed by atoms with E-state index in [1.807, 2.05) is 0 Å². The maximum absolute atomic E-state index is 10.9. The van der Waals surface area contributed by atoms with Crippen molar-refractivity contribution in [3.05, 3.63) is 27.6 Å². The van der Waals surface area contributed by atoms with Crippen LogP contribution in [0.5, 0.6) is 0 Å². The van der Waals surface area contributed by atoms with Gasteiger partial charge in [0.05, 0.1) is 0 Å². The van der Waals surface area contributed by atoms with Gasteiger partial charge < -0.3 is 5.11 Å². The number of halogens is 2. The summed E-state index contributed by atoms with van der Waals surface area (Å²) in [7, 11) is 0. The van der Waals surface area contributed by atoms with Crippen molar-refractivity contribution in [1.82, 2.24) is 14.6 Å². The Morgan fingerprint density at radius 1 is 1.37 bits per heavy atom. The third-order valence-corrected chi connectivity index (χ3v) is 4.17. The largest absolute Gasteiger partial charge is 0.476 e. The molecular weight excluding hydrogens is 289 g/mol. The van der Waals surface area contributed by atoms with E-state index in [0.29, 0.717) is 16.0 Å². The maximum Gasteiger partial charge on any atom is 0.356 e. The Kier molecular flexibility index (Phi) is 3.11. The molecule has 1 fully saturated rings. The molecular formula is C12H11Cl2N3O2. The number of fused-ring (bicyclic) bond motifs is 1. The minimum absolute atomic E-state index is 0.0889. The van der Waals surface area contributed by atoms with Gasteiger partial charge in [-0.05, 0) is 18.8 Å². The Morgan fingerprint density at radius 2 is 2.05 bits per heavy atom. The Balaban J connectivity index is 2.20. The van der Waals surface area contributed by atoms with Crippen LogP contribution in [0.2, 0.25) is 10.3 Å². The molecule has 0 radical (unpaired) electrons. The van der Waals surface area contributed by atoms with Gasteiger partial charge in [-0.2, -0.15) is 5.10 Å². The number of aromatic carboxylic acids is 1. The molecule has 100 valence electrons. The highest BCUT2D eigenvalue weighted by Gasteiger charge is 2.26. The predicted octanol–water partition coefficient (Wildman–Crippen LogP) is 3.39. The number of hydrogen-bond acceptors (Lipinski definition) is 3. The van der Waals surface area contributed by atoms with E-state index in [1.54, 1.807) is 0 Å². The standard InChI is InChI=1S/C12H11Cl2N3O2/c13-10-9(6-3-1-2-4-6)11(14)17-8(15-10)5-7(16-17)12(18)19/h5-6H,1-4H2,(H,18,19). The molecule has 2 aromatic heterocycles. The fourth-order valence-corrected chi connectivity index (χ4v) is 3.36. The predicted molar refractivity (Wildman–Crippen MR) is 71.2 cm³/mol. The molecule has 2 aromatic rings. The van der Waals surface area contributed by atoms with Crippen molar-refractivity contribution in [3.63, 3.8) is 0 Å². The molecule has 1 N–H and O–H groups in total. The quantitative estimate of drug-likeness (QED) is 0.863. The number of rotatable bonds is 2. The summed E-state index contributed by atoms with van der Waals surface area (Å²) in [5.41, 5.74) is 1.05. The van der Waals surface area contributed by atoms with Gasteiger partial charge in [-0.25, -0.2) is 14.3 Å². The second-order valence-electron chi connectivity index (χ2n) is 4.69. The van der Waals surface area contributed by atoms with Crippen LogP contribution in [0, 0.1) is 0 Å². The first kappa shape index (κ1) is 12.7.